The van der Waals surface area contributed by atoms with Crippen molar-refractivity contribution >= 4 is 141 Å². The fourth-order valence-electron chi connectivity index (χ4n) is 8.67. The second-order valence-corrected chi connectivity index (χ2v) is 31.4. The van der Waals surface area contributed by atoms with E-state index in [1.165, 1.54) is 0 Å². The topological polar surface area (TPSA) is 310 Å². The van der Waals surface area contributed by atoms with E-state index in [1.54, 1.807) is 83.2 Å². The number of amides is 4. The monoisotopic (exact) mass is 1340 g/mol. The molecular formula is C59H76Cl4N16O10Si. The molecule has 0 spiro atoms. The number of hydrogen-bond acceptors (Lipinski definition) is 18. The Morgan fingerprint density at radius 2 is 1.01 bits per heavy atom. The SMILES string of the molecule is CC(C)(C)OC(=O)NCCn1c(C=COCC[Si](C)(C)C)cc2cnc(Cl)nc21.CC(C)(C)OC(=O)NCCn1c(C=O)cc2cnc(Cl)nc21.CC(C)(C)OC(=O)NCCn1c(CC=O)cc2cnc(Cl)nc21.O=C1Cc2cc3cnc(Cl)nc3n2CCN1. The number of aldehydes is 2. The minimum Gasteiger partial charge on any atom is -0.501 e. The molecule has 1 aliphatic rings. The number of halogens is 4. The van der Waals surface area contributed by atoms with Crippen LogP contribution in [0, 0.1) is 0 Å². The van der Waals surface area contributed by atoms with Crippen molar-refractivity contribution in [2.45, 2.75) is 144 Å². The molecule has 0 saturated carbocycles. The lowest BCUT2D eigenvalue weighted by molar-refractivity contribution is -0.120. The van der Waals surface area contributed by atoms with Crippen LogP contribution in [0.2, 0.25) is 46.8 Å². The first-order valence-corrected chi connectivity index (χ1v) is 33.9. The minimum absolute atomic E-state index is 0.0422. The van der Waals surface area contributed by atoms with E-state index in [0.29, 0.717) is 86.9 Å². The van der Waals surface area contributed by atoms with Crippen LogP contribution in [-0.4, -0.2) is 153 Å². The number of hydrogen-bond donors (Lipinski definition) is 4. The highest BCUT2D eigenvalue weighted by Gasteiger charge is 2.21. The second kappa shape index (κ2) is 31.7. The summed E-state index contributed by atoms with van der Waals surface area (Å²) < 4.78 is 28.8. The Morgan fingerprint density at radius 3 is 1.46 bits per heavy atom. The molecule has 0 aliphatic carbocycles. The maximum absolute atomic E-state index is 11.9. The van der Waals surface area contributed by atoms with Gasteiger partial charge in [-0.25, -0.2) is 34.3 Å². The predicted octanol–water partition coefficient (Wildman–Crippen LogP) is 10.5. The van der Waals surface area contributed by atoms with Gasteiger partial charge in [0.05, 0.1) is 25.0 Å². The molecule has 4 N–H and O–H groups in total. The first kappa shape index (κ1) is 71.1. The molecule has 9 rings (SSSR count). The van der Waals surface area contributed by atoms with E-state index in [9.17, 15) is 28.8 Å². The van der Waals surface area contributed by atoms with Crippen LogP contribution in [0.3, 0.4) is 0 Å². The van der Waals surface area contributed by atoms with Crippen LogP contribution in [0.4, 0.5) is 14.4 Å². The van der Waals surface area contributed by atoms with E-state index in [4.69, 9.17) is 65.4 Å². The Labute approximate surface area is 541 Å². The van der Waals surface area contributed by atoms with Crippen molar-refractivity contribution in [3.8, 4) is 0 Å². The molecule has 8 aromatic heterocycles. The van der Waals surface area contributed by atoms with Gasteiger partial charge in [-0.1, -0.05) is 19.6 Å². The Kier molecular flexibility index (Phi) is 25.0. The van der Waals surface area contributed by atoms with Gasteiger partial charge in [0, 0.05) is 130 Å². The first-order valence-electron chi connectivity index (χ1n) is 28.7. The first-order chi connectivity index (χ1) is 42.3. The quantitative estimate of drug-likeness (QED) is 0.0164. The third kappa shape index (κ3) is 22.5. The zero-order valence-electron chi connectivity index (χ0n) is 52.4. The molecule has 0 unspecified atom stereocenters. The molecule has 0 saturated heterocycles. The lowest BCUT2D eigenvalue weighted by atomic mass is 10.2. The summed E-state index contributed by atoms with van der Waals surface area (Å²) in [5, 5.41) is 14.9. The summed E-state index contributed by atoms with van der Waals surface area (Å²) in [5.41, 5.74) is 4.14. The van der Waals surface area contributed by atoms with Gasteiger partial charge in [0.15, 0.2) is 6.29 Å². The van der Waals surface area contributed by atoms with Crippen molar-refractivity contribution in [2.24, 2.45) is 0 Å². The maximum Gasteiger partial charge on any atom is 0.407 e. The van der Waals surface area contributed by atoms with Gasteiger partial charge in [-0.05, 0) is 145 Å². The van der Waals surface area contributed by atoms with Crippen LogP contribution in [0.5, 0.6) is 0 Å². The minimum atomic E-state index is -1.12. The van der Waals surface area contributed by atoms with Crippen molar-refractivity contribution in [3.63, 3.8) is 0 Å². The number of ether oxygens (including phenoxy) is 4. The van der Waals surface area contributed by atoms with Gasteiger partial charge < -0.3 is 63.3 Å². The van der Waals surface area contributed by atoms with E-state index < -0.39 is 43.2 Å². The van der Waals surface area contributed by atoms with Gasteiger partial charge in [-0.2, -0.15) is 19.9 Å². The van der Waals surface area contributed by atoms with Gasteiger partial charge >= 0.3 is 18.3 Å². The maximum atomic E-state index is 11.9. The molecule has 9 heterocycles. The number of nitrogens with zero attached hydrogens (tertiary/aromatic N) is 12. The normalized spacial score (nSPS) is 12.6. The fourth-order valence-corrected chi connectivity index (χ4v) is 9.91. The Balaban J connectivity index is 0.000000194. The van der Waals surface area contributed by atoms with Gasteiger partial charge in [0.1, 0.15) is 45.7 Å². The standard InChI is InChI=1S/C20H31ClN4O3Si.C15H19ClN4O3.C14H17ClN4O3.C10H9ClN4O/c1-20(2,3)28-19(26)22-8-9-25-16(7-10-27-11-12-29(4,5)6)13-15-14-23-18(21)24-17(15)25;1-15(2,3)23-14(22)17-5-6-20-11(4-7-21)8-10-9-18-13(16)19-12(10)20;1-14(2,3)22-13(21)16-4-5-19-10(8-20)6-9-7-17-12(15)18-11(9)19;11-10-13-5-6-3-7-4-8(16)12-1-2-15(7)9(6)14-10/h7,10,13-14H,8-9,11-12H2,1-6H3,(H,22,26);7-9H,4-6H2,1-3H3,(H,17,22);6-8H,4-5H2,1-3H3,(H,16,21);3,5H,1-2,4H2,(H,12,16). The van der Waals surface area contributed by atoms with Crippen LogP contribution in [0.15, 0.2) is 55.3 Å². The average molecular weight is 1340 g/mol. The summed E-state index contributed by atoms with van der Waals surface area (Å²) in [6, 6.07) is 8.52. The van der Waals surface area contributed by atoms with Crippen molar-refractivity contribution in [2.75, 3.05) is 32.8 Å². The van der Waals surface area contributed by atoms with Gasteiger partial charge in [-0.15, -0.1) is 0 Å². The molecule has 0 atom stereocenters. The van der Waals surface area contributed by atoms with Crippen molar-refractivity contribution in [1.82, 2.24) is 79.4 Å². The van der Waals surface area contributed by atoms with Gasteiger partial charge in [0.2, 0.25) is 27.0 Å². The van der Waals surface area contributed by atoms with Gasteiger partial charge in [0.25, 0.3) is 0 Å². The molecule has 0 fully saturated rings. The summed E-state index contributed by atoms with van der Waals surface area (Å²) in [7, 11) is -1.12. The largest absolute Gasteiger partial charge is 0.501 e. The Bertz CT molecular complexity index is 3860. The molecule has 26 nitrogen and oxygen atoms in total. The third-order valence-electron chi connectivity index (χ3n) is 12.4. The summed E-state index contributed by atoms with van der Waals surface area (Å²) in [5.74, 6) is 0.0422. The number of alkyl carbamates (subject to hydrolysis) is 3. The summed E-state index contributed by atoms with van der Waals surface area (Å²) in [4.78, 5) is 101. The van der Waals surface area contributed by atoms with Gasteiger partial charge in [-0.3, -0.25) is 9.59 Å². The molecule has 31 heteroatoms. The molecule has 8 aromatic rings. The molecule has 0 bridgehead atoms. The lowest BCUT2D eigenvalue weighted by Gasteiger charge is -2.20. The number of carbonyl (C=O) groups is 6. The number of rotatable bonds is 17. The second-order valence-electron chi connectivity index (χ2n) is 24.5. The summed E-state index contributed by atoms with van der Waals surface area (Å²) in [6.07, 6.45) is 10.9. The van der Waals surface area contributed by atoms with E-state index in [0.717, 1.165) is 64.0 Å². The number of carbonyl (C=O) groups excluding carboxylic acids is 6. The van der Waals surface area contributed by atoms with E-state index >= 15 is 0 Å². The number of fused-ring (bicyclic) bond motifs is 6. The third-order valence-corrected chi connectivity index (χ3v) is 14.8. The Hall–Kier alpha value is -7.98. The van der Waals surface area contributed by atoms with E-state index in [2.05, 4.69) is 80.8 Å². The van der Waals surface area contributed by atoms with E-state index in [1.807, 2.05) is 58.7 Å². The molecule has 90 heavy (non-hydrogen) atoms. The lowest BCUT2D eigenvalue weighted by Crippen LogP contribution is -2.34. The summed E-state index contributed by atoms with van der Waals surface area (Å²) in [6.45, 7) is 27.6. The van der Waals surface area contributed by atoms with Crippen molar-refractivity contribution in [3.05, 3.63) is 99.2 Å². The average Bonchev–Trinajstić information content (AvgIpc) is 1.70. The highest BCUT2D eigenvalue weighted by Crippen LogP contribution is 2.24. The smallest absolute Gasteiger partial charge is 0.407 e. The van der Waals surface area contributed by atoms with Crippen molar-refractivity contribution in [1.29, 1.82) is 0 Å². The molecule has 1 aliphatic heterocycles. The highest BCUT2D eigenvalue weighted by atomic mass is 35.5. The zero-order valence-corrected chi connectivity index (χ0v) is 56.4. The number of nitrogens with one attached hydrogen (secondary N) is 4. The molecule has 0 radical (unpaired) electrons. The molecular weight excluding hydrogens is 1260 g/mol. The fraction of sp³-hybridized carbons (Fsp3) is 0.458. The highest BCUT2D eigenvalue weighted by molar-refractivity contribution is 6.76. The van der Waals surface area contributed by atoms with Crippen LogP contribution >= 0.6 is 46.4 Å². The van der Waals surface area contributed by atoms with Crippen LogP contribution in [0.25, 0.3) is 50.2 Å². The van der Waals surface area contributed by atoms with Crippen LogP contribution in [0.1, 0.15) is 89.9 Å². The predicted molar refractivity (Wildman–Crippen MR) is 348 cm³/mol. The number of aromatic nitrogens is 12. The molecule has 4 amide bonds. The molecule has 0 aromatic carbocycles. The molecule has 484 valence electrons. The zero-order chi connectivity index (χ0) is 66.1. The van der Waals surface area contributed by atoms with Crippen molar-refractivity contribution < 1.29 is 47.7 Å². The van der Waals surface area contributed by atoms with E-state index in [-0.39, 0.29) is 33.5 Å². The van der Waals surface area contributed by atoms with Crippen LogP contribution < -0.4 is 21.3 Å². The Morgan fingerprint density at radius 1 is 0.600 bits per heavy atom. The van der Waals surface area contributed by atoms with Crippen LogP contribution in [-0.2, 0) is 67.6 Å². The summed E-state index contributed by atoms with van der Waals surface area (Å²) >= 11 is 23.4.